The van der Waals surface area contributed by atoms with Gasteiger partial charge in [0.05, 0.1) is 18.8 Å². The molecule has 4 rings (SSSR count). The number of nitrogens with zero attached hydrogens (tertiary/aromatic N) is 7. The van der Waals surface area contributed by atoms with E-state index < -0.39 is 0 Å². The van der Waals surface area contributed by atoms with Crippen LogP contribution in [0, 0.1) is 0 Å². The van der Waals surface area contributed by atoms with Crippen LogP contribution in [0.1, 0.15) is 49.2 Å². The number of tetrazole rings is 1. The summed E-state index contributed by atoms with van der Waals surface area (Å²) in [7, 11) is 1.97. The van der Waals surface area contributed by atoms with Crippen LogP contribution in [0.15, 0.2) is 12.4 Å². The molecule has 0 amide bonds. The Hall–Kier alpha value is -1.76. The highest BCUT2D eigenvalue weighted by atomic mass is 15.6. The maximum atomic E-state index is 4.29. The van der Waals surface area contributed by atoms with Crippen LogP contribution in [0.2, 0.25) is 0 Å². The zero-order valence-electron chi connectivity index (χ0n) is 11.7. The standard InChI is InChI=1S/C13H19N7/c1-18-8-10(7-14-18)12-3-2-6-19(12)9-13-15-16-17-20(13)11-4-5-11/h7-8,11-12H,2-6,9H2,1H3/t12-/m1/s1. The highest BCUT2D eigenvalue weighted by Gasteiger charge is 2.31. The van der Waals surface area contributed by atoms with E-state index in [4.69, 9.17) is 0 Å². The summed E-state index contributed by atoms with van der Waals surface area (Å²) in [5.74, 6) is 1.00. The summed E-state index contributed by atoms with van der Waals surface area (Å²) < 4.78 is 3.89. The third kappa shape index (κ3) is 2.11. The second-order valence-electron chi connectivity index (χ2n) is 5.85. The minimum absolute atomic E-state index is 0.452. The Bertz CT molecular complexity index is 597. The van der Waals surface area contributed by atoms with Gasteiger partial charge in [0.15, 0.2) is 5.82 Å². The lowest BCUT2D eigenvalue weighted by Gasteiger charge is -2.22. The van der Waals surface area contributed by atoms with Gasteiger partial charge in [-0.05, 0) is 42.7 Å². The molecule has 1 aliphatic heterocycles. The minimum Gasteiger partial charge on any atom is -0.289 e. The number of likely N-dealkylation sites (tertiary alicyclic amines) is 1. The van der Waals surface area contributed by atoms with Crippen molar-refractivity contribution in [1.82, 2.24) is 34.9 Å². The summed E-state index contributed by atoms with van der Waals surface area (Å²) in [6, 6.07) is 0.993. The predicted molar refractivity (Wildman–Crippen MR) is 71.7 cm³/mol. The fourth-order valence-corrected chi connectivity index (χ4v) is 3.11. The van der Waals surface area contributed by atoms with Gasteiger partial charge in [-0.1, -0.05) is 0 Å². The third-order valence-corrected chi connectivity index (χ3v) is 4.27. The summed E-state index contributed by atoms with van der Waals surface area (Å²) in [5.41, 5.74) is 1.30. The molecule has 0 bridgehead atoms. The van der Waals surface area contributed by atoms with Crippen LogP contribution in [0.5, 0.6) is 0 Å². The first-order valence-electron chi connectivity index (χ1n) is 7.30. The number of rotatable bonds is 4. The van der Waals surface area contributed by atoms with Crippen molar-refractivity contribution in [3.63, 3.8) is 0 Å². The highest BCUT2D eigenvalue weighted by Crippen LogP contribution is 2.36. The largest absolute Gasteiger partial charge is 0.289 e. The van der Waals surface area contributed by atoms with E-state index in [2.05, 4.69) is 31.7 Å². The molecule has 1 atom stereocenters. The molecule has 0 N–H and O–H groups in total. The van der Waals surface area contributed by atoms with Crippen LogP contribution in [-0.4, -0.2) is 41.4 Å². The van der Waals surface area contributed by atoms with Crippen LogP contribution in [0.25, 0.3) is 0 Å². The van der Waals surface area contributed by atoms with Crippen molar-refractivity contribution < 1.29 is 0 Å². The summed E-state index contributed by atoms with van der Waals surface area (Å²) in [5, 5.41) is 16.5. The molecule has 1 saturated heterocycles. The smallest absolute Gasteiger partial charge is 0.165 e. The van der Waals surface area contributed by atoms with E-state index in [9.17, 15) is 0 Å². The summed E-state index contributed by atoms with van der Waals surface area (Å²) in [6.07, 6.45) is 8.94. The van der Waals surface area contributed by atoms with Crippen molar-refractivity contribution in [2.45, 2.75) is 44.3 Å². The van der Waals surface area contributed by atoms with Crippen molar-refractivity contribution in [3.8, 4) is 0 Å². The monoisotopic (exact) mass is 273 g/mol. The normalized spacial score (nSPS) is 23.6. The minimum atomic E-state index is 0.452. The molecule has 7 nitrogen and oxygen atoms in total. The lowest BCUT2D eigenvalue weighted by molar-refractivity contribution is 0.237. The van der Waals surface area contributed by atoms with Gasteiger partial charge in [0.1, 0.15) is 0 Å². The topological polar surface area (TPSA) is 64.7 Å². The zero-order chi connectivity index (χ0) is 13.5. The molecule has 1 aliphatic carbocycles. The Morgan fingerprint density at radius 3 is 2.95 bits per heavy atom. The Kier molecular flexibility index (Phi) is 2.80. The SMILES string of the molecule is Cn1cc([C@H]2CCCN2Cc2nnnn2C2CC2)cn1. The number of hydrogen-bond acceptors (Lipinski definition) is 5. The molecule has 0 radical (unpaired) electrons. The molecule has 3 heterocycles. The van der Waals surface area contributed by atoms with Crippen LogP contribution in [0.3, 0.4) is 0 Å². The molecule has 106 valence electrons. The Labute approximate surface area is 117 Å². The van der Waals surface area contributed by atoms with Gasteiger partial charge >= 0.3 is 0 Å². The fourth-order valence-electron chi connectivity index (χ4n) is 3.11. The number of aryl methyl sites for hydroxylation is 1. The maximum absolute atomic E-state index is 4.29. The van der Waals surface area contributed by atoms with Crippen molar-refractivity contribution >= 4 is 0 Å². The quantitative estimate of drug-likeness (QED) is 0.834. The molecular weight excluding hydrogens is 254 g/mol. The first-order chi connectivity index (χ1) is 9.81. The van der Waals surface area contributed by atoms with Crippen LogP contribution in [-0.2, 0) is 13.6 Å². The molecular formula is C13H19N7. The van der Waals surface area contributed by atoms with E-state index in [1.54, 1.807) is 0 Å². The average molecular weight is 273 g/mol. The van der Waals surface area contributed by atoms with Gasteiger partial charge < -0.3 is 0 Å². The van der Waals surface area contributed by atoms with Crippen molar-refractivity contribution in [2.24, 2.45) is 7.05 Å². The molecule has 7 heteroatoms. The van der Waals surface area contributed by atoms with E-state index >= 15 is 0 Å². The van der Waals surface area contributed by atoms with Crippen LogP contribution < -0.4 is 0 Å². The highest BCUT2D eigenvalue weighted by molar-refractivity contribution is 5.12. The van der Waals surface area contributed by atoms with E-state index in [-0.39, 0.29) is 0 Å². The first-order valence-corrected chi connectivity index (χ1v) is 7.30. The molecule has 2 aliphatic rings. The van der Waals surface area contributed by atoms with E-state index in [0.29, 0.717) is 12.1 Å². The van der Waals surface area contributed by atoms with Crippen LogP contribution >= 0.6 is 0 Å². The molecule has 1 saturated carbocycles. The summed E-state index contributed by atoms with van der Waals surface area (Å²) >= 11 is 0. The third-order valence-electron chi connectivity index (χ3n) is 4.27. The van der Waals surface area contributed by atoms with Gasteiger partial charge in [0.2, 0.25) is 0 Å². The molecule has 0 aromatic carbocycles. The van der Waals surface area contributed by atoms with Gasteiger partial charge in [0, 0.05) is 24.8 Å². The second kappa shape index (κ2) is 4.66. The zero-order valence-corrected chi connectivity index (χ0v) is 11.7. The number of hydrogen-bond donors (Lipinski definition) is 0. The molecule has 20 heavy (non-hydrogen) atoms. The van der Waals surface area contributed by atoms with Gasteiger partial charge in [-0.2, -0.15) is 5.10 Å². The van der Waals surface area contributed by atoms with Gasteiger partial charge in [-0.25, -0.2) is 4.68 Å². The molecule has 0 spiro atoms. The van der Waals surface area contributed by atoms with Crippen LogP contribution in [0.4, 0.5) is 0 Å². The van der Waals surface area contributed by atoms with Gasteiger partial charge in [-0.15, -0.1) is 5.10 Å². The number of aromatic nitrogens is 6. The lowest BCUT2D eigenvalue weighted by atomic mass is 10.1. The predicted octanol–water partition coefficient (Wildman–Crippen LogP) is 1.08. The van der Waals surface area contributed by atoms with E-state index in [1.165, 1.54) is 31.2 Å². The van der Waals surface area contributed by atoms with Crippen molar-refractivity contribution in [3.05, 3.63) is 23.8 Å². The molecule has 0 unspecified atom stereocenters. The van der Waals surface area contributed by atoms with Crippen molar-refractivity contribution in [2.75, 3.05) is 6.54 Å². The average Bonchev–Trinajstić information content (AvgIpc) is 2.86. The van der Waals surface area contributed by atoms with Crippen molar-refractivity contribution in [1.29, 1.82) is 0 Å². The lowest BCUT2D eigenvalue weighted by Crippen LogP contribution is -2.24. The van der Waals surface area contributed by atoms with Gasteiger partial charge in [-0.3, -0.25) is 9.58 Å². The first kappa shape index (κ1) is 12.0. The fraction of sp³-hybridized carbons (Fsp3) is 0.692. The Balaban J connectivity index is 1.53. The maximum Gasteiger partial charge on any atom is 0.165 e. The molecule has 2 fully saturated rings. The van der Waals surface area contributed by atoms with E-state index in [0.717, 1.165) is 18.9 Å². The summed E-state index contributed by atoms with van der Waals surface area (Å²) in [4.78, 5) is 2.47. The molecule has 2 aromatic rings. The Morgan fingerprint density at radius 2 is 2.20 bits per heavy atom. The Morgan fingerprint density at radius 1 is 1.30 bits per heavy atom. The molecule has 2 aromatic heterocycles. The second-order valence-corrected chi connectivity index (χ2v) is 5.85. The van der Waals surface area contributed by atoms with Gasteiger partial charge in [0.25, 0.3) is 0 Å². The summed E-state index contributed by atoms with van der Waals surface area (Å²) in [6.45, 7) is 1.94. The van der Waals surface area contributed by atoms with E-state index in [1.807, 2.05) is 22.6 Å².